The molecule has 0 aromatic heterocycles. The van der Waals surface area contributed by atoms with E-state index in [9.17, 15) is 4.79 Å². The molecule has 0 amide bonds. The van der Waals surface area contributed by atoms with Gasteiger partial charge in [0.25, 0.3) is 0 Å². The summed E-state index contributed by atoms with van der Waals surface area (Å²) in [4.78, 5) is 11.6. The van der Waals surface area contributed by atoms with E-state index in [0.717, 1.165) is 5.56 Å². The Balaban J connectivity index is 2.21. The molecule has 1 saturated heterocycles. The maximum atomic E-state index is 11.6. The van der Waals surface area contributed by atoms with Crippen LogP contribution in [0.1, 0.15) is 32.8 Å². The van der Waals surface area contributed by atoms with Crippen molar-refractivity contribution >= 4 is 5.97 Å². The van der Waals surface area contributed by atoms with Crippen LogP contribution in [0, 0.1) is 0 Å². The smallest absolute Gasteiger partial charge is 0.347 e. The fraction of sp³-hybridized carbons (Fsp3) is 0.562. The largest absolute Gasteiger partial charge is 0.493 e. The van der Waals surface area contributed by atoms with Crippen LogP contribution in [0.15, 0.2) is 18.2 Å². The van der Waals surface area contributed by atoms with Gasteiger partial charge in [0.2, 0.25) is 0 Å². The Morgan fingerprint density at radius 3 is 2.71 bits per heavy atom. The van der Waals surface area contributed by atoms with Gasteiger partial charge in [-0.25, -0.2) is 4.79 Å². The van der Waals surface area contributed by atoms with E-state index in [-0.39, 0.29) is 11.5 Å². The van der Waals surface area contributed by atoms with Crippen molar-refractivity contribution in [1.82, 2.24) is 5.32 Å². The van der Waals surface area contributed by atoms with Gasteiger partial charge in [-0.05, 0) is 26.8 Å². The van der Waals surface area contributed by atoms with Gasteiger partial charge < -0.3 is 19.5 Å². The third kappa shape index (κ3) is 4.11. The molecule has 1 aliphatic rings. The first-order valence-corrected chi connectivity index (χ1v) is 7.15. The molecular weight excluding hydrogens is 270 g/mol. The molecule has 1 fully saturated rings. The summed E-state index contributed by atoms with van der Waals surface area (Å²) in [5.74, 6) is 0.930. The number of cyclic esters (lactones) is 1. The molecule has 1 unspecified atom stereocenters. The van der Waals surface area contributed by atoms with Crippen molar-refractivity contribution in [3.8, 4) is 11.5 Å². The Labute approximate surface area is 125 Å². The van der Waals surface area contributed by atoms with Gasteiger partial charge in [0, 0.05) is 24.1 Å². The van der Waals surface area contributed by atoms with E-state index in [2.05, 4.69) is 26.1 Å². The Bertz CT molecular complexity index is 507. The van der Waals surface area contributed by atoms with Crippen LogP contribution in [0.3, 0.4) is 0 Å². The number of esters is 1. The molecule has 1 aromatic rings. The van der Waals surface area contributed by atoms with Crippen LogP contribution in [0.4, 0.5) is 0 Å². The van der Waals surface area contributed by atoms with Crippen LogP contribution >= 0.6 is 0 Å². The number of methoxy groups -OCH3 is 1. The number of carbonyl (C=O) groups is 1. The molecule has 0 radical (unpaired) electrons. The predicted molar refractivity (Wildman–Crippen MR) is 79.6 cm³/mol. The molecule has 116 valence electrons. The first-order chi connectivity index (χ1) is 9.90. The average Bonchev–Trinajstić information content (AvgIpc) is 2.82. The van der Waals surface area contributed by atoms with Gasteiger partial charge in [-0.3, -0.25) is 0 Å². The minimum absolute atomic E-state index is 0.00731. The van der Waals surface area contributed by atoms with E-state index >= 15 is 0 Å². The van der Waals surface area contributed by atoms with Crippen LogP contribution in [0.2, 0.25) is 0 Å². The van der Waals surface area contributed by atoms with E-state index in [1.165, 1.54) is 0 Å². The monoisotopic (exact) mass is 293 g/mol. The highest BCUT2D eigenvalue weighted by Crippen LogP contribution is 2.33. The lowest BCUT2D eigenvalue weighted by Gasteiger charge is -2.23. The van der Waals surface area contributed by atoms with Gasteiger partial charge in [-0.2, -0.15) is 0 Å². The van der Waals surface area contributed by atoms with Crippen molar-refractivity contribution in [1.29, 1.82) is 0 Å². The summed E-state index contributed by atoms with van der Waals surface area (Å²) in [5.41, 5.74) is 0.955. The summed E-state index contributed by atoms with van der Waals surface area (Å²) in [6.07, 6.45) is 0.0259. The van der Waals surface area contributed by atoms with Crippen LogP contribution in [-0.4, -0.2) is 31.3 Å². The average molecular weight is 293 g/mol. The molecule has 1 N–H and O–H groups in total. The van der Waals surface area contributed by atoms with E-state index in [1.807, 2.05) is 18.2 Å². The maximum Gasteiger partial charge on any atom is 0.347 e. The molecule has 0 aliphatic carbocycles. The van der Waals surface area contributed by atoms with Gasteiger partial charge in [0.05, 0.1) is 13.7 Å². The molecule has 5 nitrogen and oxygen atoms in total. The van der Waals surface area contributed by atoms with Gasteiger partial charge in [-0.1, -0.05) is 12.1 Å². The number of nitrogens with one attached hydrogen (secondary N) is 1. The number of hydrogen-bond acceptors (Lipinski definition) is 5. The van der Waals surface area contributed by atoms with E-state index in [1.54, 1.807) is 7.11 Å². The van der Waals surface area contributed by atoms with Crippen molar-refractivity contribution in [2.75, 3.05) is 13.7 Å². The van der Waals surface area contributed by atoms with Crippen molar-refractivity contribution in [3.63, 3.8) is 0 Å². The number of hydrogen-bond donors (Lipinski definition) is 1. The lowest BCUT2D eigenvalue weighted by molar-refractivity contribution is -0.143. The minimum atomic E-state index is -0.547. The van der Waals surface area contributed by atoms with Crippen molar-refractivity contribution in [2.24, 2.45) is 0 Å². The first kappa shape index (κ1) is 15.6. The second kappa shape index (κ2) is 6.35. The van der Waals surface area contributed by atoms with Gasteiger partial charge in [0.15, 0.2) is 17.6 Å². The Morgan fingerprint density at radius 1 is 1.38 bits per heavy atom. The number of ether oxygens (including phenoxy) is 3. The molecule has 1 heterocycles. The Hall–Kier alpha value is -1.75. The van der Waals surface area contributed by atoms with Gasteiger partial charge >= 0.3 is 5.97 Å². The summed E-state index contributed by atoms with van der Waals surface area (Å²) in [6.45, 7) is 7.35. The number of para-hydroxylation sites is 1. The molecule has 0 spiro atoms. The predicted octanol–water partition coefficient (Wildman–Crippen LogP) is 2.28. The molecule has 1 aromatic carbocycles. The van der Waals surface area contributed by atoms with Crippen LogP contribution < -0.4 is 14.8 Å². The molecular formula is C16H23NO4. The first-order valence-electron chi connectivity index (χ1n) is 7.15. The SMILES string of the molecule is COc1cccc(CNC(C)(C)C)c1OC1CCOC1=O. The third-order valence-corrected chi connectivity index (χ3v) is 3.24. The van der Waals surface area contributed by atoms with Crippen molar-refractivity contribution < 1.29 is 19.0 Å². The van der Waals surface area contributed by atoms with E-state index < -0.39 is 6.10 Å². The third-order valence-electron chi connectivity index (χ3n) is 3.24. The molecule has 5 heteroatoms. The zero-order chi connectivity index (χ0) is 15.5. The maximum absolute atomic E-state index is 11.6. The molecule has 1 atom stereocenters. The summed E-state index contributed by atoms with van der Waals surface area (Å²) >= 11 is 0. The highest BCUT2D eigenvalue weighted by molar-refractivity contribution is 5.77. The zero-order valence-corrected chi connectivity index (χ0v) is 13.1. The molecule has 0 bridgehead atoms. The standard InChI is InChI=1S/C16H23NO4/c1-16(2,3)17-10-11-6-5-7-12(19-4)14(11)21-13-8-9-20-15(13)18/h5-7,13,17H,8-10H2,1-4H3. The second-order valence-corrected chi connectivity index (χ2v) is 6.11. The minimum Gasteiger partial charge on any atom is -0.493 e. The van der Waals surface area contributed by atoms with Crippen molar-refractivity contribution in [2.45, 2.75) is 45.4 Å². The summed E-state index contributed by atoms with van der Waals surface area (Å²) in [5, 5.41) is 3.41. The fourth-order valence-corrected chi connectivity index (χ4v) is 2.08. The van der Waals surface area contributed by atoms with Crippen LogP contribution in [0.5, 0.6) is 11.5 Å². The van der Waals surface area contributed by atoms with E-state index in [4.69, 9.17) is 14.2 Å². The number of carbonyl (C=O) groups excluding carboxylic acids is 1. The van der Waals surface area contributed by atoms with Crippen LogP contribution in [-0.2, 0) is 16.1 Å². The lowest BCUT2D eigenvalue weighted by Crippen LogP contribution is -2.35. The van der Waals surface area contributed by atoms with Crippen LogP contribution in [0.25, 0.3) is 0 Å². The summed E-state index contributed by atoms with van der Waals surface area (Å²) in [6, 6.07) is 5.71. The molecule has 2 rings (SSSR count). The second-order valence-electron chi connectivity index (χ2n) is 6.11. The molecule has 21 heavy (non-hydrogen) atoms. The number of rotatable bonds is 5. The lowest BCUT2D eigenvalue weighted by atomic mass is 10.1. The summed E-state index contributed by atoms with van der Waals surface area (Å²) in [7, 11) is 1.59. The Morgan fingerprint density at radius 2 is 2.14 bits per heavy atom. The number of benzene rings is 1. The van der Waals surface area contributed by atoms with E-state index in [0.29, 0.717) is 31.1 Å². The summed E-state index contributed by atoms with van der Waals surface area (Å²) < 4.78 is 16.2. The quantitative estimate of drug-likeness (QED) is 0.844. The fourth-order valence-electron chi connectivity index (χ4n) is 2.08. The molecule has 1 aliphatic heterocycles. The van der Waals surface area contributed by atoms with Gasteiger partial charge in [0.1, 0.15) is 0 Å². The highest BCUT2D eigenvalue weighted by atomic mass is 16.6. The van der Waals surface area contributed by atoms with Crippen molar-refractivity contribution in [3.05, 3.63) is 23.8 Å². The normalized spacial score (nSPS) is 18.5. The topological polar surface area (TPSA) is 56.8 Å². The zero-order valence-electron chi connectivity index (χ0n) is 13.1. The highest BCUT2D eigenvalue weighted by Gasteiger charge is 2.30. The Kier molecular flexibility index (Phi) is 4.73. The molecule has 0 saturated carbocycles. The van der Waals surface area contributed by atoms with Gasteiger partial charge in [-0.15, -0.1) is 0 Å².